The molecule has 0 bridgehead atoms. The van der Waals surface area contributed by atoms with Gasteiger partial charge in [0.1, 0.15) is 0 Å². The van der Waals surface area contributed by atoms with E-state index in [1.807, 2.05) is 25.1 Å². The van der Waals surface area contributed by atoms with Crippen LogP contribution in [0.4, 0.5) is 0 Å². The third-order valence-electron chi connectivity index (χ3n) is 3.02. The van der Waals surface area contributed by atoms with Crippen molar-refractivity contribution in [1.82, 2.24) is 5.32 Å². The van der Waals surface area contributed by atoms with E-state index in [1.165, 1.54) is 5.56 Å². The molecule has 3 nitrogen and oxygen atoms in total. The molecule has 1 heterocycles. The fourth-order valence-electron chi connectivity index (χ4n) is 2.01. The van der Waals surface area contributed by atoms with Gasteiger partial charge in [-0.3, -0.25) is 0 Å². The van der Waals surface area contributed by atoms with Crippen molar-refractivity contribution in [2.75, 3.05) is 6.61 Å². The lowest BCUT2D eigenvalue weighted by Crippen LogP contribution is -2.48. The van der Waals surface area contributed by atoms with E-state index in [-0.39, 0.29) is 18.2 Å². The Bertz CT molecular complexity index is 371. The number of nitriles is 1. The summed E-state index contributed by atoms with van der Waals surface area (Å²) in [4.78, 5) is 0. The minimum absolute atomic E-state index is 0.111. The molecular weight excluding hydrogens is 200 g/mol. The summed E-state index contributed by atoms with van der Waals surface area (Å²) in [5.41, 5.74) is 1.22. The Balaban J connectivity index is 2.06. The van der Waals surface area contributed by atoms with Crippen LogP contribution in [0.5, 0.6) is 0 Å². The van der Waals surface area contributed by atoms with Gasteiger partial charge in [0.05, 0.1) is 31.2 Å². The third kappa shape index (κ3) is 2.41. The maximum atomic E-state index is 8.75. The van der Waals surface area contributed by atoms with Gasteiger partial charge >= 0.3 is 0 Å². The van der Waals surface area contributed by atoms with Crippen molar-refractivity contribution in [2.24, 2.45) is 0 Å². The third-order valence-corrected chi connectivity index (χ3v) is 3.02. The number of rotatable bonds is 2. The minimum atomic E-state index is 0.111. The average Bonchev–Trinajstić information content (AvgIpc) is 2.33. The number of nitrogens with zero attached hydrogens (tertiary/aromatic N) is 1. The topological polar surface area (TPSA) is 45.0 Å². The number of morpholine rings is 1. The number of benzene rings is 1. The Hall–Kier alpha value is -1.37. The summed E-state index contributed by atoms with van der Waals surface area (Å²) in [7, 11) is 0. The van der Waals surface area contributed by atoms with Crippen LogP contribution in [-0.2, 0) is 4.74 Å². The van der Waals surface area contributed by atoms with Gasteiger partial charge < -0.3 is 10.1 Å². The molecule has 1 N–H and O–H groups in total. The highest BCUT2D eigenvalue weighted by molar-refractivity contribution is 5.19. The van der Waals surface area contributed by atoms with Gasteiger partial charge in [-0.2, -0.15) is 5.26 Å². The van der Waals surface area contributed by atoms with E-state index in [9.17, 15) is 0 Å². The molecule has 3 atom stereocenters. The zero-order valence-corrected chi connectivity index (χ0v) is 9.39. The molecule has 0 aliphatic carbocycles. The molecule has 1 saturated heterocycles. The molecule has 0 aromatic heterocycles. The summed E-state index contributed by atoms with van der Waals surface area (Å²) < 4.78 is 5.70. The van der Waals surface area contributed by atoms with E-state index < -0.39 is 0 Å². The van der Waals surface area contributed by atoms with Crippen LogP contribution >= 0.6 is 0 Å². The normalized spacial score (nSPS) is 29.6. The Labute approximate surface area is 96.0 Å². The van der Waals surface area contributed by atoms with Crippen LogP contribution in [0.3, 0.4) is 0 Å². The van der Waals surface area contributed by atoms with Crippen molar-refractivity contribution in [3.8, 4) is 6.07 Å². The molecule has 3 heteroatoms. The van der Waals surface area contributed by atoms with Crippen molar-refractivity contribution in [3.05, 3.63) is 35.9 Å². The first-order chi connectivity index (χ1) is 7.81. The smallest absolute Gasteiger partial charge is 0.0711 e. The molecule has 1 aromatic carbocycles. The number of nitrogens with one attached hydrogen (secondary N) is 1. The van der Waals surface area contributed by atoms with Gasteiger partial charge in [-0.05, 0) is 12.5 Å². The van der Waals surface area contributed by atoms with E-state index in [4.69, 9.17) is 10.00 Å². The Morgan fingerprint density at radius 2 is 2.19 bits per heavy atom. The van der Waals surface area contributed by atoms with Gasteiger partial charge in [-0.15, -0.1) is 0 Å². The fraction of sp³-hybridized carbons (Fsp3) is 0.462. The van der Waals surface area contributed by atoms with E-state index in [2.05, 4.69) is 23.5 Å². The standard InChI is InChI=1S/C13H16N2O/c1-10-12(7-8-14)15-13(9-16-10)11-5-3-2-4-6-11/h2-6,10,12-13,15H,7,9H2,1H3/t10-,12-,13+/m1/s1. The number of hydrogen-bond acceptors (Lipinski definition) is 3. The maximum Gasteiger partial charge on any atom is 0.0711 e. The summed E-state index contributed by atoms with van der Waals surface area (Å²) >= 11 is 0. The molecule has 0 saturated carbocycles. The van der Waals surface area contributed by atoms with Crippen LogP contribution in [0.15, 0.2) is 30.3 Å². The van der Waals surface area contributed by atoms with Crippen molar-refractivity contribution < 1.29 is 4.74 Å². The van der Waals surface area contributed by atoms with Crippen molar-refractivity contribution in [2.45, 2.75) is 31.5 Å². The van der Waals surface area contributed by atoms with Gasteiger partial charge in [-0.1, -0.05) is 30.3 Å². The fourth-order valence-corrected chi connectivity index (χ4v) is 2.01. The monoisotopic (exact) mass is 216 g/mol. The van der Waals surface area contributed by atoms with Crippen LogP contribution in [0.1, 0.15) is 24.9 Å². The molecule has 2 rings (SSSR count). The molecule has 0 spiro atoms. The molecular formula is C13H16N2O. The van der Waals surface area contributed by atoms with Gasteiger partial charge in [0, 0.05) is 6.04 Å². The van der Waals surface area contributed by atoms with E-state index in [1.54, 1.807) is 0 Å². The zero-order valence-electron chi connectivity index (χ0n) is 9.39. The molecule has 16 heavy (non-hydrogen) atoms. The van der Waals surface area contributed by atoms with Crippen LogP contribution in [0.25, 0.3) is 0 Å². The first kappa shape index (κ1) is 11.1. The van der Waals surface area contributed by atoms with Gasteiger partial charge in [-0.25, -0.2) is 0 Å². The molecule has 1 fully saturated rings. The van der Waals surface area contributed by atoms with Crippen LogP contribution in [0.2, 0.25) is 0 Å². The summed E-state index contributed by atoms with van der Waals surface area (Å²) in [6, 6.07) is 12.7. The van der Waals surface area contributed by atoms with Crippen molar-refractivity contribution in [3.63, 3.8) is 0 Å². The highest BCUT2D eigenvalue weighted by Gasteiger charge is 2.27. The van der Waals surface area contributed by atoms with Crippen LogP contribution < -0.4 is 5.32 Å². The van der Waals surface area contributed by atoms with Crippen LogP contribution in [0, 0.1) is 11.3 Å². The second-order valence-electron chi connectivity index (χ2n) is 4.14. The Kier molecular flexibility index (Phi) is 3.55. The summed E-state index contributed by atoms with van der Waals surface area (Å²) in [5, 5.41) is 12.2. The molecule has 84 valence electrons. The second-order valence-corrected chi connectivity index (χ2v) is 4.14. The molecule has 0 amide bonds. The molecule has 0 unspecified atom stereocenters. The number of hydrogen-bond donors (Lipinski definition) is 1. The Morgan fingerprint density at radius 3 is 2.88 bits per heavy atom. The lowest BCUT2D eigenvalue weighted by atomic mass is 10.0. The quantitative estimate of drug-likeness (QED) is 0.822. The van der Waals surface area contributed by atoms with E-state index >= 15 is 0 Å². The second kappa shape index (κ2) is 5.11. The van der Waals surface area contributed by atoms with Crippen molar-refractivity contribution in [1.29, 1.82) is 5.26 Å². The molecule has 0 radical (unpaired) electrons. The summed E-state index contributed by atoms with van der Waals surface area (Å²) in [6.07, 6.45) is 0.601. The lowest BCUT2D eigenvalue weighted by molar-refractivity contribution is -0.0161. The highest BCUT2D eigenvalue weighted by Crippen LogP contribution is 2.21. The lowest BCUT2D eigenvalue weighted by Gasteiger charge is -2.35. The first-order valence-electron chi connectivity index (χ1n) is 5.61. The Morgan fingerprint density at radius 1 is 1.44 bits per heavy atom. The van der Waals surface area contributed by atoms with Gasteiger partial charge in [0.25, 0.3) is 0 Å². The minimum Gasteiger partial charge on any atom is -0.375 e. The van der Waals surface area contributed by atoms with E-state index in [0.29, 0.717) is 13.0 Å². The largest absolute Gasteiger partial charge is 0.375 e. The summed E-state index contributed by atoms with van der Waals surface area (Å²) in [5.74, 6) is 0. The predicted octanol–water partition coefficient (Wildman–Crippen LogP) is 2.02. The van der Waals surface area contributed by atoms with Gasteiger partial charge in [0.2, 0.25) is 0 Å². The zero-order chi connectivity index (χ0) is 11.4. The molecule has 1 aromatic rings. The molecule has 1 aliphatic heterocycles. The SMILES string of the molecule is C[C@H]1OC[C@@H](c2ccccc2)N[C@@H]1CC#N. The average molecular weight is 216 g/mol. The van der Waals surface area contributed by atoms with E-state index in [0.717, 1.165) is 0 Å². The first-order valence-corrected chi connectivity index (χ1v) is 5.61. The molecule has 1 aliphatic rings. The highest BCUT2D eigenvalue weighted by atomic mass is 16.5. The van der Waals surface area contributed by atoms with Gasteiger partial charge in [0.15, 0.2) is 0 Å². The van der Waals surface area contributed by atoms with Crippen molar-refractivity contribution >= 4 is 0 Å². The number of ether oxygens (including phenoxy) is 1. The summed E-state index contributed by atoms with van der Waals surface area (Å²) in [6.45, 7) is 2.68. The van der Waals surface area contributed by atoms with Crippen LogP contribution in [-0.4, -0.2) is 18.8 Å². The predicted molar refractivity (Wildman–Crippen MR) is 61.8 cm³/mol. The maximum absolute atomic E-state index is 8.75.